The van der Waals surface area contributed by atoms with Gasteiger partial charge in [0.1, 0.15) is 0 Å². The van der Waals surface area contributed by atoms with Crippen molar-refractivity contribution in [2.45, 2.75) is 58.7 Å². The number of ether oxygens (including phenoxy) is 1. The van der Waals surface area contributed by atoms with Gasteiger partial charge in [0.25, 0.3) is 0 Å². The van der Waals surface area contributed by atoms with Crippen molar-refractivity contribution < 1.29 is 9.26 Å². The minimum absolute atomic E-state index is 0.0501. The zero-order chi connectivity index (χ0) is 16.9. The lowest BCUT2D eigenvalue weighted by atomic mass is 9.91. The lowest BCUT2D eigenvalue weighted by molar-refractivity contribution is 0.0484. The number of aryl methyl sites for hydroxylation is 1. The fourth-order valence-electron chi connectivity index (χ4n) is 3.12. The smallest absolute Gasteiger partial charge is 0.244 e. The van der Waals surface area contributed by atoms with Crippen LogP contribution >= 0.6 is 0 Å². The standard InChI is InChI=1S/C17H27N5O2/c1-4-22-14(5-8-19-22)11-18-15(13-6-9-23-10-7-13)17-20-16(12(2)3)21-24-17/h5,8,12-13,15,18H,4,6-7,9-11H2,1-3H3. The Bertz CT molecular complexity index is 630. The third-order valence-electron chi connectivity index (χ3n) is 4.58. The Morgan fingerprint density at radius 1 is 1.33 bits per heavy atom. The van der Waals surface area contributed by atoms with E-state index in [0.717, 1.165) is 50.7 Å². The van der Waals surface area contributed by atoms with Gasteiger partial charge in [0.15, 0.2) is 5.82 Å². The van der Waals surface area contributed by atoms with Crippen molar-refractivity contribution in [3.8, 4) is 0 Å². The Kier molecular flexibility index (Phi) is 5.63. The van der Waals surface area contributed by atoms with Crippen LogP contribution < -0.4 is 5.32 Å². The molecule has 3 rings (SSSR count). The molecule has 1 atom stereocenters. The fraction of sp³-hybridized carbons (Fsp3) is 0.706. The van der Waals surface area contributed by atoms with Crippen molar-refractivity contribution in [1.29, 1.82) is 0 Å². The molecule has 1 unspecified atom stereocenters. The van der Waals surface area contributed by atoms with Crippen LogP contribution in [0.5, 0.6) is 0 Å². The summed E-state index contributed by atoms with van der Waals surface area (Å²) in [5.41, 5.74) is 1.16. The molecule has 1 aliphatic heterocycles. The van der Waals surface area contributed by atoms with Crippen LogP contribution in [0.2, 0.25) is 0 Å². The highest BCUT2D eigenvalue weighted by atomic mass is 16.5. The van der Waals surface area contributed by atoms with E-state index in [2.05, 4.69) is 41.3 Å². The summed E-state index contributed by atoms with van der Waals surface area (Å²) < 4.78 is 13.1. The summed E-state index contributed by atoms with van der Waals surface area (Å²) in [5, 5.41) is 12.1. The molecule has 1 N–H and O–H groups in total. The zero-order valence-electron chi connectivity index (χ0n) is 14.7. The molecule has 0 aliphatic carbocycles. The number of hydrogen-bond donors (Lipinski definition) is 1. The van der Waals surface area contributed by atoms with E-state index in [-0.39, 0.29) is 12.0 Å². The molecule has 1 aliphatic rings. The Morgan fingerprint density at radius 3 is 2.79 bits per heavy atom. The molecule has 3 heterocycles. The van der Waals surface area contributed by atoms with E-state index in [9.17, 15) is 0 Å². The monoisotopic (exact) mass is 333 g/mol. The molecule has 0 aromatic carbocycles. The predicted molar refractivity (Wildman–Crippen MR) is 89.4 cm³/mol. The second-order valence-corrected chi connectivity index (χ2v) is 6.59. The topological polar surface area (TPSA) is 78.0 Å². The Labute approximate surface area is 142 Å². The molecule has 0 amide bonds. The maximum absolute atomic E-state index is 5.58. The molecule has 0 radical (unpaired) electrons. The van der Waals surface area contributed by atoms with Gasteiger partial charge in [-0.2, -0.15) is 10.1 Å². The molecule has 7 nitrogen and oxygen atoms in total. The molecule has 132 valence electrons. The van der Waals surface area contributed by atoms with E-state index < -0.39 is 0 Å². The van der Waals surface area contributed by atoms with Crippen molar-refractivity contribution in [2.24, 2.45) is 5.92 Å². The van der Waals surface area contributed by atoms with Gasteiger partial charge in [-0.1, -0.05) is 19.0 Å². The first-order chi connectivity index (χ1) is 11.7. The van der Waals surface area contributed by atoms with Crippen LogP contribution in [0.4, 0.5) is 0 Å². The number of nitrogens with one attached hydrogen (secondary N) is 1. The van der Waals surface area contributed by atoms with Crippen molar-refractivity contribution in [1.82, 2.24) is 25.2 Å². The second-order valence-electron chi connectivity index (χ2n) is 6.59. The molecular formula is C17H27N5O2. The summed E-state index contributed by atoms with van der Waals surface area (Å²) >= 11 is 0. The normalized spacial score (nSPS) is 17.5. The van der Waals surface area contributed by atoms with E-state index >= 15 is 0 Å². The lowest BCUT2D eigenvalue weighted by Crippen LogP contribution is -2.32. The van der Waals surface area contributed by atoms with E-state index in [0.29, 0.717) is 11.8 Å². The molecule has 2 aromatic rings. The van der Waals surface area contributed by atoms with E-state index in [4.69, 9.17) is 9.26 Å². The Hall–Kier alpha value is -1.73. The van der Waals surface area contributed by atoms with Crippen LogP contribution in [0, 0.1) is 5.92 Å². The minimum atomic E-state index is 0.0501. The largest absolute Gasteiger partial charge is 0.381 e. The quantitative estimate of drug-likeness (QED) is 0.839. The summed E-state index contributed by atoms with van der Waals surface area (Å²) in [4.78, 5) is 4.62. The molecular weight excluding hydrogens is 306 g/mol. The third kappa shape index (κ3) is 3.84. The molecule has 2 aromatic heterocycles. The van der Waals surface area contributed by atoms with Gasteiger partial charge in [-0.15, -0.1) is 0 Å². The van der Waals surface area contributed by atoms with E-state index in [1.807, 2.05) is 16.9 Å². The fourth-order valence-corrected chi connectivity index (χ4v) is 3.12. The van der Waals surface area contributed by atoms with Gasteiger partial charge < -0.3 is 9.26 Å². The van der Waals surface area contributed by atoms with Crippen molar-refractivity contribution >= 4 is 0 Å². The SMILES string of the molecule is CCn1nccc1CNC(c1nc(C(C)C)no1)C1CCOCC1. The molecule has 24 heavy (non-hydrogen) atoms. The Morgan fingerprint density at radius 2 is 2.12 bits per heavy atom. The van der Waals surface area contributed by atoms with Crippen molar-refractivity contribution in [3.05, 3.63) is 29.7 Å². The maximum Gasteiger partial charge on any atom is 0.244 e. The highest BCUT2D eigenvalue weighted by Gasteiger charge is 2.30. The Balaban J connectivity index is 1.76. The van der Waals surface area contributed by atoms with Crippen LogP contribution in [0.15, 0.2) is 16.8 Å². The first-order valence-corrected chi connectivity index (χ1v) is 8.84. The summed E-state index contributed by atoms with van der Waals surface area (Å²) in [6.45, 7) is 9.43. The number of nitrogens with zero attached hydrogens (tertiary/aromatic N) is 4. The summed E-state index contributed by atoms with van der Waals surface area (Å²) in [6.07, 6.45) is 3.85. The van der Waals surface area contributed by atoms with Crippen LogP contribution in [0.3, 0.4) is 0 Å². The number of rotatable bonds is 7. The van der Waals surface area contributed by atoms with E-state index in [1.165, 1.54) is 0 Å². The second kappa shape index (κ2) is 7.90. The van der Waals surface area contributed by atoms with Crippen molar-refractivity contribution in [3.63, 3.8) is 0 Å². The molecule has 7 heteroatoms. The van der Waals surface area contributed by atoms with Crippen molar-refractivity contribution in [2.75, 3.05) is 13.2 Å². The van der Waals surface area contributed by atoms with Gasteiger partial charge in [-0.25, -0.2) is 0 Å². The van der Waals surface area contributed by atoms with Gasteiger partial charge in [-0.3, -0.25) is 10.00 Å². The van der Waals surface area contributed by atoms with Crippen LogP contribution in [0.1, 0.15) is 63.0 Å². The van der Waals surface area contributed by atoms with Gasteiger partial charge in [-0.05, 0) is 31.7 Å². The van der Waals surface area contributed by atoms with Gasteiger partial charge in [0.2, 0.25) is 5.89 Å². The first kappa shape index (κ1) is 17.1. The van der Waals surface area contributed by atoms with Crippen LogP contribution in [-0.4, -0.2) is 33.1 Å². The maximum atomic E-state index is 5.58. The number of aromatic nitrogens is 4. The third-order valence-corrected chi connectivity index (χ3v) is 4.58. The number of hydrogen-bond acceptors (Lipinski definition) is 6. The average molecular weight is 333 g/mol. The average Bonchev–Trinajstić information content (AvgIpc) is 3.25. The van der Waals surface area contributed by atoms with Gasteiger partial charge in [0.05, 0.1) is 11.7 Å². The van der Waals surface area contributed by atoms with Crippen LogP contribution in [-0.2, 0) is 17.8 Å². The molecule has 0 saturated carbocycles. The summed E-state index contributed by atoms with van der Waals surface area (Å²) in [7, 11) is 0. The first-order valence-electron chi connectivity index (χ1n) is 8.84. The van der Waals surface area contributed by atoms with E-state index in [1.54, 1.807) is 0 Å². The summed E-state index contributed by atoms with van der Waals surface area (Å²) in [6, 6.07) is 2.10. The van der Waals surface area contributed by atoms with Gasteiger partial charge in [0, 0.05) is 38.4 Å². The highest BCUT2D eigenvalue weighted by molar-refractivity contribution is 5.03. The highest BCUT2D eigenvalue weighted by Crippen LogP contribution is 2.30. The molecule has 1 saturated heterocycles. The predicted octanol–water partition coefficient (Wildman–Crippen LogP) is 2.67. The van der Waals surface area contributed by atoms with Gasteiger partial charge >= 0.3 is 0 Å². The lowest BCUT2D eigenvalue weighted by Gasteiger charge is -2.28. The minimum Gasteiger partial charge on any atom is -0.381 e. The zero-order valence-corrected chi connectivity index (χ0v) is 14.7. The molecule has 0 spiro atoms. The van der Waals surface area contributed by atoms with Crippen LogP contribution in [0.25, 0.3) is 0 Å². The molecule has 1 fully saturated rings. The molecule has 0 bridgehead atoms. The summed E-state index contributed by atoms with van der Waals surface area (Å²) in [5.74, 6) is 2.16.